The van der Waals surface area contributed by atoms with E-state index in [9.17, 15) is 8.42 Å². The van der Waals surface area contributed by atoms with Crippen LogP contribution in [0.5, 0.6) is 0 Å². The Kier molecular flexibility index (Phi) is 4.33. The summed E-state index contributed by atoms with van der Waals surface area (Å²) in [5.41, 5.74) is 0. The van der Waals surface area contributed by atoms with Crippen LogP contribution in [0.3, 0.4) is 0 Å². The van der Waals surface area contributed by atoms with Crippen LogP contribution in [-0.4, -0.2) is 46.8 Å². The lowest BCUT2D eigenvalue weighted by atomic mass is 9.79. The second-order valence-electron chi connectivity index (χ2n) is 6.03. The van der Waals surface area contributed by atoms with Gasteiger partial charge in [-0.2, -0.15) is 9.40 Å². The van der Waals surface area contributed by atoms with Gasteiger partial charge in [0.25, 0.3) is 0 Å². The number of sulfonamides is 1. The molecule has 7 heteroatoms. The lowest BCUT2D eigenvalue weighted by Crippen LogP contribution is -2.49. The summed E-state index contributed by atoms with van der Waals surface area (Å²) in [6.07, 6.45) is 9.51. The third-order valence-electron chi connectivity index (χ3n) is 4.74. The van der Waals surface area contributed by atoms with Gasteiger partial charge in [0.2, 0.25) is 10.0 Å². The molecule has 0 unspecified atom stereocenters. The zero-order valence-corrected chi connectivity index (χ0v) is 13.0. The first-order valence-electron chi connectivity index (χ1n) is 7.78. The molecule has 0 radical (unpaired) electrons. The summed E-state index contributed by atoms with van der Waals surface area (Å²) in [6.45, 7) is 0.895. The van der Waals surface area contributed by atoms with E-state index in [4.69, 9.17) is 5.11 Å². The monoisotopic (exact) mass is 313 g/mol. The maximum absolute atomic E-state index is 12.9. The molecule has 0 aromatic carbocycles. The highest BCUT2D eigenvalue weighted by Crippen LogP contribution is 2.37. The number of hydrogen-bond acceptors (Lipinski definition) is 4. The molecule has 2 heterocycles. The Morgan fingerprint density at radius 2 is 2.00 bits per heavy atom. The lowest BCUT2D eigenvalue weighted by Gasteiger charge is -2.42. The van der Waals surface area contributed by atoms with E-state index in [2.05, 4.69) is 5.10 Å². The third-order valence-corrected chi connectivity index (χ3v) is 6.61. The summed E-state index contributed by atoms with van der Waals surface area (Å²) in [5.74, 6) is 0.523. The highest BCUT2D eigenvalue weighted by atomic mass is 32.2. The minimum absolute atomic E-state index is 0.0461. The highest BCUT2D eigenvalue weighted by Gasteiger charge is 2.40. The number of rotatable bonds is 4. The average Bonchev–Trinajstić information content (AvgIpc) is 2.96. The molecule has 1 saturated carbocycles. The van der Waals surface area contributed by atoms with Crippen LogP contribution < -0.4 is 0 Å². The smallest absolute Gasteiger partial charge is 0.246 e. The zero-order valence-electron chi connectivity index (χ0n) is 12.2. The van der Waals surface area contributed by atoms with Crippen molar-refractivity contribution in [2.24, 2.45) is 5.92 Å². The maximum Gasteiger partial charge on any atom is 0.246 e. The molecule has 1 aliphatic carbocycles. The zero-order chi connectivity index (χ0) is 14.9. The molecule has 3 rings (SSSR count). The number of aromatic nitrogens is 2. The standard InChI is InChI=1S/C14H23N3O3S/c18-9-8-16-11-13(10-15-16)21(19,20)17-7-3-5-12-4-1-2-6-14(12)17/h10-12,14,18H,1-9H2/t12-,14-/m1/s1. The van der Waals surface area contributed by atoms with Crippen LogP contribution in [-0.2, 0) is 16.6 Å². The lowest BCUT2D eigenvalue weighted by molar-refractivity contribution is 0.129. The molecule has 0 bridgehead atoms. The van der Waals surface area contributed by atoms with Gasteiger partial charge in [0.1, 0.15) is 4.90 Å². The van der Waals surface area contributed by atoms with Gasteiger partial charge < -0.3 is 5.11 Å². The molecule has 1 saturated heterocycles. The number of hydrogen-bond donors (Lipinski definition) is 1. The number of piperidine rings is 1. The molecule has 1 aliphatic heterocycles. The molecule has 1 aromatic rings. The summed E-state index contributed by atoms with van der Waals surface area (Å²) < 4.78 is 28.9. The van der Waals surface area contributed by atoms with Crippen molar-refractivity contribution in [3.05, 3.63) is 12.4 Å². The largest absolute Gasteiger partial charge is 0.394 e. The van der Waals surface area contributed by atoms with E-state index in [1.807, 2.05) is 0 Å². The Bertz CT molecular complexity index is 582. The number of nitrogens with zero attached hydrogens (tertiary/aromatic N) is 3. The summed E-state index contributed by atoms with van der Waals surface area (Å²) in [6, 6.07) is 0.165. The van der Waals surface area contributed by atoms with Crippen LogP contribution in [0.2, 0.25) is 0 Å². The van der Waals surface area contributed by atoms with E-state index >= 15 is 0 Å². The Labute approximate surface area is 125 Å². The molecular formula is C14H23N3O3S. The van der Waals surface area contributed by atoms with Gasteiger partial charge in [-0.3, -0.25) is 4.68 Å². The Balaban J connectivity index is 1.85. The second-order valence-corrected chi connectivity index (χ2v) is 7.92. The van der Waals surface area contributed by atoms with E-state index in [1.165, 1.54) is 23.5 Å². The van der Waals surface area contributed by atoms with Crippen molar-refractivity contribution in [3.63, 3.8) is 0 Å². The molecule has 6 nitrogen and oxygen atoms in total. The first kappa shape index (κ1) is 15.0. The number of aliphatic hydroxyl groups is 1. The van der Waals surface area contributed by atoms with Crippen molar-refractivity contribution in [2.75, 3.05) is 13.2 Å². The minimum atomic E-state index is -3.46. The van der Waals surface area contributed by atoms with Crippen LogP contribution in [0, 0.1) is 5.92 Å². The topological polar surface area (TPSA) is 75.4 Å². The quantitative estimate of drug-likeness (QED) is 0.907. The van der Waals surface area contributed by atoms with Gasteiger partial charge in [-0.05, 0) is 31.6 Å². The molecule has 1 aromatic heterocycles. The van der Waals surface area contributed by atoms with Gasteiger partial charge in [-0.1, -0.05) is 12.8 Å². The van der Waals surface area contributed by atoms with Crippen molar-refractivity contribution in [1.29, 1.82) is 0 Å². The molecule has 21 heavy (non-hydrogen) atoms. The third kappa shape index (κ3) is 2.86. The van der Waals surface area contributed by atoms with E-state index in [0.29, 0.717) is 19.0 Å². The average molecular weight is 313 g/mol. The summed E-state index contributed by atoms with van der Waals surface area (Å²) in [4.78, 5) is 0.252. The van der Waals surface area contributed by atoms with Crippen LogP contribution in [0.1, 0.15) is 38.5 Å². The molecule has 0 spiro atoms. The van der Waals surface area contributed by atoms with Gasteiger partial charge in [-0.25, -0.2) is 8.42 Å². The van der Waals surface area contributed by atoms with Gasteiger partial charge >= 0.3 is 0 Å². The molecule has 0 amide bonds. The first-order chi connectivity index (χ1) is 10.1. The first-order valence-corrected chi connectivity index (χ1v) is 9.22. The summed E-state index contributed by atoms with van der Waals surface area (Å²) in [7, 11) is -3.46. The summed E-state index contributed by atoms with van der Waals surface area (Å²) >= 11 is 0. The number of aliphatic hydroxyl groups excluding tert-OH is 1. The SMILES string of the molecule is O=S(=O)(c1cnn(CCO)c1)N1CCC[C@H]2CCCC[C@H]21. The molecular weight excluding hydrogens is 290 g/mol. The molecule has 2 fully saturated rings. The predicted molar refractivity (Wildman–Crippen MR) is 78.2 cm³/mol. The predicted octanol–water partition coefficient (Wildman–Crippen LogP) is 1.22. The van der Waals surface area contributed by atoms with E-state index < -0.39 is 10.0 Å². The van der Waals surface area contributed by atoms with Crippen molar-refractivity contribution in [1.82, 2.24) is 14.1 Å². The molecule has 1 N–H and O–H groups in total. The van der Waals surface area contributed by atoms with Gasteiger partial charge in [-0.15, -0.1) is 0 Å². The molecule has 2 aliphatic rings. The molecule has 118 valence electrons. The van der Waals surface area contributed by atoms with Crippen molar-refractivity contribution in [2.45, 2.75) is 56.0 Å². The normalized spacial score (nSPS) is 27.5. The number of fused-ring (bicyclic) bond motifs is 1. The van der Waals surface area contributed by atoms with Crippen molar-refractivity contribution >= 4 is 10.0 Å². The van der Waals surface area contributed by atoms with Gasteiger partial charge in [0.05, 0.1) is 19.3 Å². The van der Waals surface area contributed by atoms with Gasteiger partial charge in [0, 0.05) is 18.8 Å². The van der Waals surface area contributed by atoms with E-state index in [0.717, 1.165) is 32.1 Å². The summed E-state index contributed by atoms with van der Waals surface area (Å²) in [5, 5.41) is 12.9. The fourth-order valence-electron chi connectivity index (χ4n) is 3.72. The van der Waals surface area contributed by atoms with Crippen LogP contribution in [0.4, 0.5) is 0 Å². The Hall–Kier alpha value is -0.920. The van der Waals surface area contributed by atoms with Crippen LogP contribution in [0.25, 0.3) is 0 Å². The fourth-order valence-corrected chi connectivity index (χ4v) is 5.42. The van der Waals surface area contributed by atoms with E-state index in [-0.39, 0.29) is 17.5 Å². The highest BCUT2D eigenvalue weighted by molar-refractivity contribution is 7.89. The van der Waals surface area contributed by atoms with E-state index in [1.54, 1.807) is 4.31 Å². The van der Waals surface area contributed by atoms with Gasteiger partial charge in [0.15, 0.2) is 0 Å². The maximum atomic E-state index is 12.9. The minimum Gasteiger partial charge on any atom is -0.394 e. The van der Waals surface area contributed by atoms with Crippen molar-refractivity contribution in [3.8, 4) is 0 Å². The Morgan fingerprint density at radius 3 is 2.81 bits per heavy atom. The molecule has 2 atom stereocenters. The van der Waals surface area contributed by atoms with Crippen LogP contribution >= 0.6 is 0 Å². The van der Waals surface area contributed by atoms with Crippen LogP contribution in [0.15, 0.2) is 17.3 Å². The second kappa shape index (κ2) is 6.06. The fraction of sp³-hybridized carbons (Fsp3) is 0.786. The van der Waals surface area contributed by atoms with Crippen molar-refractivity contribution < 1.29 is 13.5 Å². The Morgan fingerprint density at radius 1 is 1.24 bits per heavy atom.